The predicted octanol–water partition coefficient (Wildman–Crippen LogP) is 2.82. The Morgan fingerprint density at radius 1 is 1.36 bits per heavy atom. The molecule has 1 rings (SSSR count). The van der Waals surface area contributed by atoms with Crippen LogP contribution in [0, 0.1) is 0 Å². The molecule has 0 aliphatic carbocycles. The molecule has 2 nitrogen and oxygen atoms in total. The Morgan fingerprint density at radius 3 is 2.57 bits per heavy atom. The summed E-state index contributed by atoms with van der Waals surface area (Å²) in [5.74, 6) is 0. The zero-order valence-corrected chi connectivity index (χ0v) is 8.87. The number of aliphatic imine (C=N–C) groups is 1. The van der Waals surface area contributed by atoms with E-state index < -0.39 is 5.54 Å². The Kier molecular flexibility index (Phi) is 3.21. The third kappa shape index (κ3) is 2.09. The van der Waals surface area contributed by atoms with Gasteiger partial charge in [0.25, 0.3) is 0 Å². The van der Waals surface area contributed by atoms with E-state index in [-0.39, 0.29) is 0 Å². The standard InChI is InChI=1S/C12H15NO/c1-4-10-7-5-6-8-11(10)12(2,3)13-9-14/h5-8H,4H2,1-3H3. The minimum atomic E-state index is -0.464. The van der Waals surface area contributed by atoms with Gasteiger partial charge < -0.3 is 0 Å². The van der Waals surface area contributed by atoms with E-state index in [0.29, 0.717) is 0 Å². The van der Waals surface area contributed by atoms with Crippen LogP contribution in [0.2, 0.25) is 0 Å². The molecule has 0 unspecified atom stereocenters. The van der Waals surface area contributed by atoms with Crippen LogP contribution < -0.4 is 0 Å². The highest BCUT2D eigenvalue weighted by Gasteiger charge is 2.21. The van der Waals surface area contributed by atoms with E-state index in [1.54, 1.807) is 6.08 Å². The normalized spacial score (nSPS) is 10.8. The molecule has 1 aromatic carbocycles. The topological polar surface area (TPSA) is 29.4 Å². The van der Waals surface area contributed by atoms with Crippen LogP contribution in [-0.4, -0.2) is 6.08 Å². The van der Waals surface area contributed by atoms with Crippen LogP contribution in [0.5, 0.6) is 0 Å². The first-order valence-electron chi connectivity index (χ1n) is 4.79. The zero-order chi connectivity index (χ0) is 10.6. The fourth-order valence-corrected chi connectivity index (χ4v) is 1.60. The molecule has 0 aromatic heterocycles. The summed E-state index contributed by atoms with van der Waals surface area (Å²) in [7, 11) is 0. The van der Waals surface area contributed by atoms with Crippen molar-refractivity contribution in [1.82, 2.24) is 0 Å². The quantitative estimate of drug-likeness (QED) is 0.531. The zero-order valence-electron chi connectivity index (χ0n) is 8.87. The Balaban J connectivity index is 3.23. The second-order valence-electron chi connectivity index (χ2n) is 3.77. The molecule has 0 aliphatic rings. The van der Waals surface area contributed by atoms with Gasteiger partial charge in [-0.3, -0.25) is 0 Å². The Morgan fingerprint density at radius 2 is 2.00 bits per heavy atom. The number of isocyanates is 1. The second kappa shape index (κ2) is 4.21. The third-order valence-corrected chi connectivity index (χ3v) is 2.38. The molecule has 0 saturated heterocycles. The number of carbonyl (C=O) groups excluding carboxylic acids is 1. The number of rotatable bonds is 3. The maximum Gasteiger partial charge on any atom is 0.235 e. The summed E-state index contributed by atoms with van der Waals surface area (Å²) in [6.45, 7) is 5.94. The number of hydrogen-bond donors (Lipinski definition) is 0. The first-order valence-corrected chi connectivity index (χ1v) is 4.79. The van der Waals surface area contributed by atoms with E-state index in [1.807, 2.05) is 32.0 Å². The summed E-state index contributed by atoms with van der Waals surface area (Å²) in [6.07, 6.45) is 2.59. The summed E-state index contributed by atoms with van der Waals surface area (Å²) in [4.78, 5) is 14.1. The van der Waals surface area contributed by atoms with Crippen molar-refractivity contribution >= 4 is 6.08 Å². The van der Waals surface area contributed by atoms with Crippen molar-refractivity contribution in [2.75, 3.05) is 0 Å². The van der Waals surface area contributed by atoms with Gasteiger partial charge in [0.1, 0.15) is 0 Å². The maximum absolute atomic E-state index is 10.3. The summed E-state index contributed by atoms with van der Waals surface area (Å²) < 4.78 is 0. The molecule has 0 bridgehead atoms. The fraction of sp³-hybridized carbons (Fsp3) is 0.417. The van der Waals surface area contributed by atoms with Crippen molar-refractivity contribution in [3.63, 3.8) is 0 Å². The van der Waals surface area contributed by atoms with E-state index in [0.717, 1.165) is 12.0 Å². The summed E-state index contributed by atoms with van der Waals surface area (Å²) in [5, 5.41) is 0. The predicted molar refractivity (Wildman–Crippen MR) is 57.0 cm³/mol. The molecular formula is C12H15NO. The van der Waals surface area contributed by atoms with Crippen LogP contribution >= 0.6 is 0 Å². The average molecular weight is 189 g/mol. The molecule has 0 N–H and O–H groups in total. The van der Waals surface area contributed by atoms with Gasteiger partial charge in [-0.2, -0.15) is 4.99 Å². The first kappa shape index (κ1) is 10.7. The molecule has 1 aromatic rings. The van der Waals surface area contributed by atoms with Crippen molar-refractivity contribution in [3.05, 3.63) is 35.4 Å². The van der Waals surface area contributed by atoms with Crippen molar-refractivity contribution in [2.45, 2.75) is 32.7 Å². The summed E-state index contributed by atoms with van der Waals surface area (Å²) >= 11 is 0. The average Bonchev–Trinajstić information content (AvgIpc) is 2.18. The fourth-order valence-electron chi connectivity index (χ4n) is 1.60. The van der Waals surface area contributed by atoms with Crippen molar-refractivity contribution in [1.29, 1.82) is 0 Å². The van der Waals surface area contributed by atoms with E-state index in [9.17, 15) is 4.79 Å². The van der Waals surface area contributed by atoms with Crippen LogP contribution in [0.3, 0.4) is 0 Å². The molecular weight excluding hydrogens is 174 g/mol. The van der Waals surface area contributed by atoms with E-state index in [2.05, 4.69) is 18.0 Å². The Hall–Kier alpha value is -1.40. The van der Waals surface area contributed by atoms with E-state index in [1.165, 1.54) is 5.56 Å². The Bertz CT molecular complexity index is 362. The van der Waals surface area contributed by atoms with Gasteiger partial charge in [0.15, 0.2) is 0 Å². The van der Waals surface area contributed by atoms with Gasteiger partial charge in [-0.15, -0.1) is 0 Å². The minimum Gasteiger partial charge on any atom is -0.211 e. The second-order valence-corrected chi connectivity index (χ2v) is 3.77. The van der Waals surface area contributed by atoms with Gasteiger partial charge in [0, 0.05) is 0 Å². The van der Waals surface area contributed by atoms with Gasteiger partial charge in [-0.05, 0) is 31.4 Å². The molecule has 0 saturated carbocycles. The van der Waals surface area contributed by atoms with Crippen molar-refractivity contribution in [3.8, 4) is 0 Å². The van der Waals surface area contributed by atoms with Gasteiger partial charge in [-0.1, -0.05) is 31.2 Å². The van der Waals surface area contributed by atoms with Crippen LogP contribution in [0.1, 0.15) is 31.9 Å². The van der Waals surface area contributed by atoms with Crippen LogP contribution in [0.4, 0.5) is 0 Å². The van der Waals surface area contributed by atoms with E-state index >= 15 is 0 Å². The van der Waals surface area contributed by atoms with Gasteiger partial charge in [0.2, 0.25) is 6.08 Å². The molecule has 0 amide bonds. The largest absolute Gasteiger partial charge is 0.235 e. The maximum atomic E-state index is 10.3. The van der Waals surface area contributed by atoms with Gasteiger partial charge in [0.05, 0.1) is 5.54 Å². The molecule has 2 heteroatoms. The van der Waals surface area contributed by atoms with E-state index in [4.69, 9.17) is 0 Å². The molecule has 0 radical (unpaired) electrons. The lowest BCUT2D eigenvalue weighted by molar-refractivity contribution is 0.520. The highest BCUT2D eigenvalue weighted by molar-refractivity contribution is 5.40. The van der Waals surface area contributed by atoms with Crippen LogP contribution in [0.15, 0.2) is 29.3 Å². The number of aryl methyl sites for hydroxylation is 1. The number of benzene rings is 1. The number of nitrogens with zero attached hydrogens (tertiary/aromatic N) is 1. The lowest BCUT2D eigenvalue weighted by Crippen LogP contribution is -2.15. The van der Waals surface area contributed by atoms with Crippen LogP contribution in [-0.2, 0) is 16.8 Å². The third-order valence-electron chi connectivity index (χ3n) is 2.38. The van der Waals surface area contributed by atoms with Gasteiger partial charge in [-0.25, -0.2) is 4.79 Å². The van der Waals surface area contributed by atoms with Crippen LogP contribution in [0.25, 0.3) is 0 Å². The first-order chi connectivity index (χ1) is 6.61. The Labute approximate surface area is 84.7 Å². The molecule has 14 heavy (non-hydrogen) atoms. The number of hydrogen-bond acceptors (Lipinski definition) is 2. The highest BCUT2D eigenvalue weighted by atomic mass is 16.1. The highest BCUT2D eigenvalue weighted by Crippen LogP contribution is 2.27. The lowest BCUT2D eigenvalue weighted by atomic mass is 9.90. The van der Waals surface area contributed by atoms with Crippen molar-refractivity contribution < 1.29 is 4.79 Å². The molecule has 74 valence electrons. The minimum absolute atomic E-state index is 0.464. The van der Waals surface area contributed by atoms with Crippen molar-refractivity contribution in [2.24, 2.45) is 4.99 Å². The van der Waals surface area contributed by atoms with Gasteiger partial charge >= 0.3 is 0 Å². The molecule has 0 spiro atoms. The SMILES string of the molecule is CCc1ccccc1C(C)(C)N=C=O. The molecule has 0 fully saturated rings. The molecule has 0 aliphatic heterocycles. The monoisotopic (exact) mass is 189 g/mol. The summed E-state index contributed by atoms with van der Waals surface area (Å²) in [6, 6.07) is 8.05. The smallest absolute Gasteiger partial charge is 0.211 e. The summed E-state index contributed by atoms with van der Waals surface area (Å²) in [5.41, 5.74) is 1.87. The lowest BCUT2D eigenvalue weighted by Gasteiger charge is -2.21. The molecule has 0 atom stereocenters. The molecule has 0 heterocycles.